The van der Waals surface area contributed by atoms with E-state index in [9.17, 15) is 0 Å². The molecule has 2 rings (SSSR count). The minimum atomic E-state index is -0.00928. The Balaban J connectivity index is 1.98. The lowest BCUT2D eigenvalue weighted by Gasteiger charge is -2.37. The van der Waals surface area contributed by atoms with Gasteiger partial charge in [-0.3, -0.25) is 0 Å². The Kier molecular flexibility index (Phi) is 6.03. The Morgan fingerprint density at radius 2 is 2.19 bits per heavy atom. The van der Waals surface area contributed by atoms with E-state index < -0.39 is 0 Å². The molecule has 2 unspecified atom stereocenters. The molecule has 0 aromatic heterocycles. The number of ether oxygens (including phenoxy) is 1. The van der Waals surface area contributed by atoms with Gasteiger partial charge in [0.2, 0.25) is 0 Å². The highest BCUT2D eigenvalue weighted by Gasteiger charge is 2.23. The van der Waals surface area contributed by atoms with Crippen LogP contribution in [0, 0.1) is 0 Å². The summed E-state index contributed by atoms with van der Waals surface area (Å²) in [5, 5.41) is 0. The second-order valence-corrected chi connectivity index (χ2v) is 6.08. The third-order valence-corrected chi connectivity index (χ3v) is 4.33. The van der Waals surface area contributed by atoms with E-state index >= 15 is 0 Å². The third kappa shape index (κ3) is 4.43. The second-order valence-electron chi connectivity index (χ2n) is 6.08. The van der Waals surface area contributed by atoms with Gasteiger partial charge in [-0.25, -0.2) is 0 Å². The van der Waals surface area contributed by atoms with Crippen molar-refractivity contribution in [2.75, 3.05) is 40.3 Å². The molecule has 0 bridgehead atoms. The molecule has 2 atom stereocenters. The zero-order chi connectivity index (χ0) is 15.2. The number of piperidine rings is 1. The average molecular weight is 291 g/mol. The molecule has 1 aromatic carbocycles. The van der Waals surface area contributed by atoms with E-state index in [1.165, 1.54) is 19.4 Å². The van der Waals surface area contributed by atoms with E-state index in [1.54, 1.807) is 0 Å². The number of nitrogens with two attached hydrogens (primary N) is 1. The molecule has 118 valence electrons. The van der Waals surface area contributed by atoms with Gasteiger partial charge in [-0.2, -0.15) is 0 Å². The molecule has 1 aromatic rings. The van der Waals surface area contributed by atoms with Crippen LogP contribution >= 0.6 is 0 Å². The molecule has 4 nitrogen and oxygen atoms in total. The summed E-state index contributed by atoms with van der Waals surface area (Å²) in [6.45, 7) is 5.89. The number of likely N-dealkylation sites (tertiary alicyclic amines) is 1. The number of rotatable bonds is 6. The summed E-state index contributed by atoms with van der Waals surface area (Å²) in [5.41, 5.74) is 7.54. The summed E-state index contributed by atoms with van der Waals surface area (Å²) in [6.07, 6.45) is 2.54. The van der Waals surface area contributed by atoms with Gasteiger partial charge in [-0.1, -0.05) is 18.2 Å². The van der Waals surface area contributed by atoms with Crippen molar-refractivity contribution in [1.82, 2.24) is 9.80 Å². The van der Waals surface area contributed by atoms with Gasteiger partial charge in [0.15, 0.2) is 0 Å². The molecule has 21 heavy (non-hydrogen) atoms. The number of likely N-dealkylation sites (N-methyl/N-ethyl adjacent to an activating group) is 2. The summed E-state index contributed by atoms with van der Waals surface area (Å²) < 4.78 is 5.70. The zero-order valence-electron chi connectivity index (χ0n) is 13.6. The monoisotopic (exact) mass is 291 g/mol. The van der Waals surface area contributed by atoms with Crippen molar-refractivity contribution < 1.29 is 4.74 Å². The molecular weight excluding hydrogens is 262 g/mol. The first-order valence-electron chi connectivity index (χ1n) is 7.98. The standard InChI is InChI=1S/C17H29N3O/c1-4-21-17-10-6-5-9-15(17)16(18)13-20(3)14-8-7-11-19(2)12-14/h5-6,9-10,14,16H,4,7-8,11-13,18H2,1-3H3. The Labute approximate surface area is 128 Å². The quantitative estimate of drug-likeness (QED) is 0.871. The van der Waals surface area contributed by atoms with Gasteiger partial charge in [0.1, 0.15) is 5.75 Å². The summed E-state index contributed by atoms with van der Waals surface area (Å²) >= 11 is 0. The van der Waals surface area contributed by atoms with Crippen molar-refractivity contribution in [3.05, 3.63) is 29.8 Å². The first kappa shape index (κ1) is 16.3. The molecule has 2 N–H and O–H groups in total. The largest absolute Gasteiger partial charge is 0.494 e. The fourth-order valence-electron chi connectivity index (χ4n) is 3.13. The highest BCUT2D eigenvalue weighted by Crippen LogP contribution is 2.25. The molecule has 4 heteroatoms. The van der Waals surface area contributed by atoms with Gasteiger partial charge in [0.05, 0.1) is 6.61 Å². The molecule has 1 aliphatic heterocycles. The van der Waals surface area contributed by atoms with Crippen molar-refractivity contribution in [3.63, 3.8) is 0 Å². The maximum atomic E-state index is 6.43. The van der Waals surface area contributed by atoms with Gasteiger partial charge in [-0.15, -0.1) is 0 Å². The highest BCUT2D eigenvalue weighted by molar-refractivity contribution is 5.36. The molecule has 1 fully saturated rings. The van der Waals surface area contributed by atoms with Crippen LogP contribution < -0.4 is 10.5 Å². The molecule has 1 heterocycles. The Morgan fingerprint density at radius 1 is 1.43 bits per heavy atom. The second kappa shape index (κ2) is 7.78. The molecule has 0 amide bonds. The number of para-hydroxylation sites is 1. The van der Waals surface area contributed by atoms with Crippen LogP contribution in [0.15, 0.2) is 24.3 Å². The summed E-state index contributed by atoms with van der Waals surface area (Å²) in [4.78, 5) is 4.81. The fraction of sp³-hybridized carbons (Fsp3) is 0.647. The summed E-state index contributed by atoms with van der Waals surface area (Å²) in [7, 11) is 4.39. The highest BCUT2D eigenvalue weighted by atomic mass is 16.5. The van der Waals surface area contributed by atoms with Crippen LogP contribution in [-0.2, 0) is 0 Å². The molecule has 0 aliphatic carbocycles. The Bertz CT molecular complexity index is 438. The predicted molar refractivity (Wildman–Crippen MR) is 87.7 cm³/mol. The topological polar surface area (TPSA) is 41.7 Å². The van der Waals surface area contributed by atoms with Gasteiger partial charge >= 0.3 is 0 Å². The number of hydrogen-bond donors (Lipinski definition) is 1. The SMILES string of the molecule is CCOc1ccccc1C(N)CN(C)C1CCCN(C)C1. The average Bonchev–Trinajstić information content (AvgIpc) is 2.48. The van der Waals surface area contributed by atoms with Crippen LogP contribution in [0.2, 0.25) is 0 Å². The minimum absolute atomic E-state index is 0.00928. The van der Waals surface area contributed by atoms with Gasteiger partial charge in [0, 0.05) is 30.7 Å². The van der Waals surface area contributed by atoms with Crippen LogP contribution in [0.4, 0.5) is 0 Å². The number of benzene rings is 1. The fourth-order valence-corrected chi connectivity index (χ4v) is 3.13. The smallest absolute Gasteiger partial charge is 0.124 e. The van der Waals surface area contributed by atoms with Crippen LogP contribution in [0.5, 0.6) is 5.75 Å². The number of hydrogen-bond acceptors (Lipinski definition) is 4. The number of nitrogens with zero attached hydrogens (tertiary/aromatic N) is 2. The lowest BCUT2D eigenvalue weighted by Crippen LogP contribution is -2.46. The minimum Gasteiger partial charge on any atom is -0.494 e. The Hall–Kier alpha value is -1.10. The van der Waals surface area contributed by atoms with Crippen LogP contribution in [-0.4, -0.2) is 56.2 Å². The van der Waals surface area contributed by atoms with E-state index in [0.717, 1.165) is 24.4 Å². The van der Waals surface area contributed by atoms with Crippen molar-refractivity contribution in [2.45, 2.75) is 31.8 Å². The van der Waals surface area contributed by atoms with Crippen molar-refractivity contribution in [3.8, 4) is 5.75 Å². The van der Waals surface area contributed by atoms with E-state index in [-0.39, 0.29) is 6.04 Å². The van der Waals surface area contributed by atoms with Crippen LogP contribution in [0.25, 0.3) is 0 Å². The molecule has 1 saturated heterocycles. The molecular formula is C17H29N3O. The molecule has 0 spiro atoms. The van der Waals surface area contributed by atoms with E-state index in [1.807, 2.05) is 25.1 Å². The van der Waals surface area contributed by atoms with E-state index in [4.69, 9.17) is 10.5 Å². The van der Waals surface area contributed by atoms with Gasteiger partial charge in [-0.05, 0) is 46.5 Å². The molecule has 1 aliphatic rings. The predicted octanol–water partition coefficient (Wildman–Crippen LogP) is 2.11. The van der Waals surface area contributed by atoms with Gasteiger partial charge < -0.3 is 20.3 Å². The van der Waals surface area contributed by atoms with Gasteiger partial charge in [0.25, 0.3) is 0 Å². The molecule has 0 saturated carbocycles. The van der Waals surface area contributed by atoms with Crippen LogP contribution in [0.3, 0.4) is 0 Å². The Morgan fingerprint density at radius 3 is 2.90 bits per heavy atom. The van der Waals surface area contributed by atoms with Crippen LogP contribution in [0.1, 0.15) is 31.4 Å². The third-order valence-electron chi connectivity index (χ3n) is 4.33. The van der Waals surface area contributed by atoms with E-state index in [0.29, 0.717) is 12.6 Å². The lowest BCUT2D eigenvalue weighted by molar-refractivity contribution is 0.129. The lowest BCUT2D eigenvalue weighted by atomic mass is 10.0. The first-order chi connectivity index (χ1) is 10.1. The zero-order valence-corrected chi connectivity index (χ0v) is 13.6. The maximum Gasteiger partial charge on any atom is 0.124 e. The normalized spacial score (nSPS) is 21.5. The van der Waals surface area contributed by atoms with Crippen molar-refractivity contribution in [2.24, 2.45) is 5.73 Å². The summed E-state index contributed by atoms with van der Waals surface area (Å²) in [5.74, 6) is 0.918. The molecule has 0 radical (unpaired) electrons. The van der Waals surface area contributed by atoms with Crippen molar-refractivity contribution >= 4 is 0 Å². The van der Waals surface area contributed by atoms with E-state index in [2.05, 4.69) is 30.0 Å². The maximum absolute atomic E-state index is 6.43. The van der Waals surface area contributed by atoms with Crippen molar-refractivity contribution in [1.29, 1.82) is 0 Å². The summed E-state index contributed by atoms with van der Waals surface area (Å²) in [6, 6.07) is 8.72. The first-order valence-corrected chi connectivity index (χ1v) is 7.98.